The van der Waals surface area contributed by atoms with E-state index in [0.29, 0.717) is 17.1 Å². The van der Waals surface area contributed by atoms with Crippen molar-refractivity contribution in [2.75, 3.05) is 13.1 Å². The fourth-order valence-electron chi connectivity index (χ4n) is 3.77. The summed E-state index contributed by atoms with van der Waals surface area (Å²) in [5.74, 6) is 0.614. The molecule has 1 N–H and O–H groups in total. The Labute approximate surface area is 184 Å². The molecule has 3 aromatic rings. The van der Waals surface area contributed by atoms with Crippen LogP contribution in [0.5, 0.6) is 0 Å². The molecule has 1 aliphatic rings. The highest BCUT2D eigenvalue weighted by Crippen LogP contribution is 2.33. The van der Waals surface area contributed by atoms with Crippen LogP contribution in [0.25, 0.3) is 11.0 Å². The highest BCUT2D eigenvalue weighted by atomic mass is 32.2. The number of carbonyl (C=O) groups excluding carboxylic acids is 2. The summed E-state index contributed by atoms with van der Waals surface area (Å²) in [4.78, 5) is 28.1. The van der Waals surface area contributed by atoms with E-state index in [-0.39, 0.29) is 17.7 Å². The molecule has 2 amide bonds. The van der Waals surface area contributed by atoms with E-state index in [0.717, 1.165) is 36.9 Å². The summed E-state index contributed by atoms with van der Waals surface area (Å²) in [5, 5.41) is 5.96. The minimum Gasteiger partial charge on any atom is -0.451 e. The zero-order valence-corrected chi connectivity index (χ0v) is 18.9. The monoisotopic (exact) mass is 442 g/mol. The van der Waals surface area contributed by atoms with Gasteiger partial charge in [-0.25, -0.2) is 0 Å². The fraction of sp³-hybridized carbons (Fsp3) is 0.391. The van der Waals surface area contributed by atoms with Crippen molar-refractivity contribution in [1.29, 1.82) is 0 Å². The Morgan fingerprint density at radius 1 is 1.17 bits per heavy atom. The van der Waals surface area contributed by atoms with E-state index in [2.05, 4.69) is 11.4 Å². The van der Waals surface area contributed by atoms with E-state index in [9.17, 15) is 9.59 Å². The van der Waals surface area contributed by atoms with Crippen LogP contribution in [0.2, 0.25) is 0 Å². The molecule has 5 nitrogen and oxygen atoms in total. The molecule has 4 rings (SSSR count). The van der Waals surface area contributed by atoms with Crippen LogP contribution >= 0.6 is 23.1 Å². The van der Waals surface area contributed by atoms with Gasteiger partial charge in [0.1, 0.15) is 11.6 Å². The normalized spacial score (nSPS) is 15.1. The molecule has 0 bridgehead atoms. The average Bonchev–Trinajstić information content (AvgIpc) is 3.50. The standard InChI is InChI=1S/C23H26N2O3S2/c1-15(2)20(23(27)25-11-5-6-12-25)24-22(26)21-17(14-30-19-10-7-13-29-19)16-8-3-4-9-18(16)28-21/h3-4,7-10,13,15,20H,5-6,11-12,14H2,1-2H3,(H,24,26)/t20-/m0/s1. The van der Waals surface area contributed by atoms with Gasteiger partial charge in [-0.1, -0.05) is 38.1 Å². The van der Waals surface area contributed by atoms with Crippen LogP contribution in [0.4, 0.5) is 0 Å². The summed E-state index contributed by atoms with van der Waals surface area (Å²) in [5.41, 5.74) is 1.56. The molecule has 1 atom stereocenters. The van der Waals surface area contributed by atoms with Crippen molar-refractivity contribution in [3.05, 3.63) is 53.1 Å². The van der Waals surface area contributed by atoms with Gasteiger partial charge in [-0.15, -0.1) is 23.1 Å². The maximum absolute atomic E-state index is 13.2. The Hall–Kier alpha value is -2.25. The number of hydrogen-bond donors (Lipinski definition) is 1. The highest BCUT2D eigenvalue weighted by molar-refractivity contribution is 8.00. The van der Waals surface area contributed by atoms with Crippen LogP contribution in [0.1, 0.15) is 42.8 Å². The highest BCUT2D eigenvalue weighted by Gasteiger charge is 2.32. The van der Waals surface area contributed by atoms with Gasteiger partial charge in [0.15, 0.2) is 5.76 Å². The van der Waals surface area contributed by atoms with Gasteiger partial charge in [0.05, 0.1) is 4.21 Å². The van der Waals surface area contributed by atoms with E-state index in [1.165, 1.54) is 4.21 Å². The van der Waals surface area contributed by atoms with E-state index in [1.54, 1.807) is 23.1 Å². The van der Waals surface area contributed by atoms with Crippen molar-refractivity contribution in [1.82, 2.24) is 10.2 Å². The van der Waals surface area contributed by atoms with Gasteiger partial charge < -0.3 is 14.6 Å². The second-order valence-electron chi connectivity index (χ2n) is 7.85. The smallest absolute Gasteiger partial charge is 0.288 e. The van der Waals surface area contributed by atoms with E-state index in [1.807, 2.05) is 54.5 Å². The van der Waals surface area contributed by atoms with E-state index < -0.39 is 6.04 Å². The molecule has 0 aliphatic carbocycles. The van der Waals surface area contributed by atoms with Crippen LogP contribution in [-0.2, 0) is 10.5 Å². The first-order valence-corrected chi connectivity index (χ1v) is 12.2. The van der Waals surface area contributed by atoms with Gasteiger partial charge >= 0.3 is 0 Å². The third-order valence-corrected chi connectivity index (χ3v) is 7.55. The Bertz CT molecular complexity index is 1020. The molecule has 0 radical (unpaired) electrons. The van der Waals surface area contributed by atoms with Crippen LogP contribution in [-0.4, -0.2) is 35.8 Å². The number of fused-ring (bicyclic) bond motifs is 1. The second-order valence-corrected chi connectivity index (χ2v) is 10.1. The summed E-state index contributed by atoms with van der Waals surface area (Å²) < 4.78 is 7.16. The number of thiophene rings is 1. The Kier molecular flexibility index (Phi) is 6.49. The van der Waals surface area contributed by atoms with Crippen LogP contribution in [0.15, 0.2) is 50.4 Å². The van der Waals surface area contributed by atoms with Crippen LogP contribution in [0.3, 0.4) is 0 Å². The number of furan rings is 1. The quantitative estimate of drug-likeness (QED) is 0.513. The fourth-order valence-corrected chi connectivity index (χ4v) is 5.58. The average molecular weight is 443 g/mol. The number of benzene rings is 1. The molecule has 1 aromatic carbocycles. The lowest BCUT2D eigenvalue weighted by atomic mass is 10.0. The van der Waals surface area contributed by atoms with Crippen molar-refractivity contribution >= 4 is 45.9 Å². The summed E-state index contributed by atoms with van der Waals surface area (Å²) in [6.07, 6.45) is 2.05. The summed E-state index contributed by atoms with van der Waals surface area (Å²) >= 11 is 3.37. The Morgan fingerprint density at radius 3 is 2.63 bits per heavy atom. The minimum atomic E-state index is -0.554. The van der Waals surface area contributed by atoms with Gasteiger partial charge in [0, 0.05) is 29.8 Å². The van der Waals surface area contributed by atoms with Crippen molar-refractivity contribution in [2.24, 2.45) is 5.92 Å². The number of likely N-dealkylation sites (tertiary alicyclic amines) is 1. The first-order valence-electron chi connectivity index (χ1n) is 10.3. The molecule has 158 valence electrons. The molecule has 7 heteroatoms. The number of hydrogen-bond acceptors (Lipinski definition) is 5. The first kappa shape index (κ1) is 21.0. The third kappa shape index (κ3) is 4.42. The number of thioether (sulfide) groups is 1. The van der Waals surface area contributed by atoms with Crippen LogP contribution in [0, 0.1) is 5.92 Å². The SMILES string of the molecule is CC(C)[C@H](NC(=O)c1oc2ccccc2c1CSc1cccs1)C(=O)N1CCCC1. The summed E-state index contributed by atoms with van der Waals surface area (Å²) in [7, 11) is 0. The molecule has 0 saturated carbocycles. The number of para-hydroxylation sites is 1. The second kappa shape index (κ2) is 9.27. The largest absolute Gasteiger partial charge is 0.451 e. The topological polar surface area (TPSA) is 62.6 Å². The number of rotatable bonds is 7. The van der Waals surface area contributed by atoms with E-state index in [4.69, 9.17) is 4.42 Å². The van der Waals surface area contributed by atoms with Gasteiger partial charge in [-0.05, 0) is 36.3 Å². The molecule has 1 saturated heterocycles. The van der Waals surface area contributed by atoms with Crippen LogP contribution < -0.4 is 5.32 Å². The van der Waals surface area contributed by atoms with Crippen molar-refractivity contribution in [3.8, 4) is 0 Å². The molecule has 1 aliphatic heterocycles. The zero-order chi connectivity index (χ0) is 21.1. The van der Waals surface area contributed by atoms with E-state index >= 15 is 0 Å². The summed E-state index contributed by atoms with van der Waals surface area (Å²) in [6, 6.07) is 11.2. The van der Waals surface area contributed by atoms with Crippen molar-refractivity contribution < 1.29 is 14.0 Å². The Morgan fingerprint density at radius 2 is 1.93 bits per heavy atom. The lowest BCUT2D eigenvalue weighted by Gasteiger charge is -2.26. The van der Waals surface area contributed by atoms with Gasteiger partial charge in [0.2, 0.25) is 5.91 Å². The molecule has 0 spiro atoms. The Balaban J connectivity index is 1.59. The molecule has 1 fully saturated rings. The maximum atomic E-state index is 13.2. The molecule has 0 unspecified atom stereocenters. The molecule has 30 heavy (non-hydrogen) atoms. The maximum Gasteiger partial charge on any atom is 0.288 e. The van der Waals surface area contributed by atoms with Crippen molar-refractivity contribution in [2.45, 2.75) is 42.7 Å². The lowest BCUT2D eigenvalue weighted by molar-refractivity contribution is -0.133. The molecule has 3 heterocycles. The first-order chi connectivity index (χ1) is 14.5. The van der Waals surface area contributed by atoms with Gasteiger partial charge in [-0.3, -0.25) is 9.59 Å². The molecule has 2 aromatic heterocycles. The predicted molar refractivity (Wildman–Crippen MR) is 122 cm³/mol. The number of nitrogens with zero attached hydrogens (tertiary/aromatic N) is 1. The number of carbonyl (C=O) groups is 2. The molecular formula is C23H26N2O3S2. The van der Waals surface area contributed by atoms with Gasteiger partial charge in [-0.2, -0.15) is 0 Å². The third-order valence-electron chi connectivity index (χ3n) is 5.40. The van der Waals surface area contributed by atoms with Gasteiger partial charge in [0.25, 0.3) is 5.91 Å². The predicted octanol–water partition coefficient (Wildman–Crippen LogP) is 5.16. The summed E-state index contributed by atoms with van der Waals surface area (Å²) in [6.45, 7) is 5.47. The molecular weight excluding hydrogens is 416 g/mol. The zero-order valence-electron chi connectivity index (χ0n) is 17.2. The minimum absolute atomic E-state index is 0.00136. The van der Waals surface area contributed by atoms with Crippen molar-refractivity contribution in [3.63, 3.8) is 0 Å². The number of amides is 2. The lowest BCUT2D eigenvalue weighted by Crippen LogP contribution is -2.50. The number of nitrogens with one attached hydrogen (secondary N) is 1.